The molecule has 2 aromatic carbocycles. The third-order valence-corrected chi connectivity index (χ3v) is 3.80. The molecule has 0 fully saturated rings. The van der Waals surface area contributed by atoms with E-state index in [0.717, 1.165) is 0 Å². The Kier molecular flexibility index (Phi) is 6.65. The van der Waals surface area contributed by atoms with Crippen molar-refractivity contribution in [2.75, 3.05) is 19.0 Å². The number of thiocarbonyl (C=S) groups is 1. The van der Waals surface area contributed by atoms with Crippen LogP contribution in [0.3, 0.4) is 0 Å². The maximum Gasteiger partial charge on any atom is 0.323 e. The van der Waals surface area contributed by atoms with E-state index >= 15 is 0 Å². The van der Waals surface area contributed by atoms with E-state index in [4.69, 9.17) is 21.7 Å². The van der Waals surface area contributed by atoms with Crippen LogP contribution in [0.15, 0.2) is 54.6 Å². The first-order valence-electron chi connectivity index (χ1n) is 7.77. The highest BCUT2D eigenvalue weighted by atomic mass is 32.1. The SMILES string of the molecule is CCOC(=O)C(C(=O)c1ccc(OC)cc1)C(=S)Nc1ccccc1. The number of rotatable bonds is 7. The molecule has 0 bridgehead atoms. The average molecular weight is 357 g/mol. The second kappa shape index (κ2) is 8.94. The number of benzene rings is 2. The van der Waals surface area contributed by atoms with Crippen molar-refractivity contribution in [3.05, 3.63) is 60.2 Å². The lowest BCUT2D eigenvalue weighted by molar-refractivity contribution is -0.144. The van der Waals surface area contributed by atoms with Gasteiger partial charge in [-0.05, 0) is 43.3 Å². The van der Waals surface area contributed by atoms with Gasteiger partial charge in [0, 0.05) is 11.3 Å². The number of carbonyl (C=O) groups excluding carboxylic acids is 2. The van der Waals surface area contributed by atoms with Gasteiger partial charge in [-0.15, -0.1) is 0 Å². The number of ether oxygens (including phenoxy) is 2. The molecule has 0 saturated carbocycles. The molecule has 0 aliphatic carbocycles. The van der Waals surface area contributed by atoms with Gasteiger partial charge in [0.05, 0.1) is 13.7 Å². The molecular weight excluding hydrogens is 338 g/mol. The Balaban J connectivity index is 2.26. The lowest BCUT2D eigenvalue weighted by Crippen LogP contribution is -2.36. The number of hydrogen-bond acceptors (Lipinski definition) is 5. The van der Waals surface area contributed by atoms with Crippen molar-refractivity contribution < 1.29 is 19.1 Å². The van der Waals surface area contributed by atoms with Crippen molar-refractivity contribution in [1.29, 1.82) is 0 Å². The monoisotopic (exact) mass is 357 g/mol. The number of anilines is 1. The fraction of sp³-hybridized carbons (Fsp3) is 0.211. The van der Waals surface area contributed by atoms with Crippen LogP contribution in [0.2, 0.25) is 0 Å². The van der Waals surface area contributed by atoms with Gasteiger partial charge in [0.2, 0.25) is 0 Å². The minimum Gasteiger partial charge on any atom is -0.497 e. The Labute approximate surface area is 152 Å². The lowest BCUT2D eigenvalue weighted by Gasteiger charge is -2.17. The number of Topliss-reactive ketones (excluding diaryl/α,β-unsaturated/α-hetero) is 1. The summed E-state index contributed by atoms with van der Waals surface area (Å²) in [6.45, 7) is 1.85. The summed E-state index contributed by atoms with van der Waals surface area (Å²) in [5, 5.41) is 2.94. The van der Waals surface area contributed by atoms with Gasteiger partial charge < -0.3 is 14.8 Å². The molecular formula is C19H19NO4S. The number of methoxy groups -OCH3 is 1. The van der Waals surface area contributed by atoms with Crippen molar-refractivity contribution in [2.45, 2.75) is 6.92 Å². The van der Waals surface area contributed by atoms with Crippen molar-refractivity contribution in [1.82, 2.24) is 0 Å². The van der Waals surface area contributed by atoms with Gasteiger partial charge in [-0.25, -0.2) is 0 Å². The standard InChI is InChI=1S/C19H19NO4S/c1-3-24-19(22)16(18(25)20-14-7-5-4-6-8-14)17(21)13-9-11-15(23-2)12-10-13/h4-12,16H,3H2,1-2H3,(H,20,25). The molecule has 0 radical (unpaired) electrons. The number of nitrogens with one attached hydrogen (secondary N) is 1. The smallest absolute Gasteiger partial charge is 0.323 e. The predicted molar refractivity (Wildman–Crippen MR) is 100 cm³/mol. The summed E-state index contributed by atoms with van der Waals surface area (Å²) in [4.78, 5) is 25.2. The Bertz CT molecular complexity index is 744. The molecule has 2 rings (SSSR count). The van der Waals surface area contributed by atoms with E-state index in [1.54, 1.807) is 43.3 Å². The van der Waals surface area contributed by atoms with Gasteiger partial charge in [-0.3, -0.25) is 9.59 Å². The molecule has 0 saturated heterocycles. The van der Waals surface area contributed by atoms with Crippen LogP contribution in [0, 0.1) is 5.92 Å². The number of carbonyl (C=O) groups is 2. The highest BCUT2D eigenvalue weighted by molar-refractivity contribution is 7.80. The minimum absolute atomic E-state index is 0.102. The molecule has 0 amide bonds. The molecule has 130 valence electrons. The fourth-order valence-electron chi connectivity index (χ4n) is 2.22. The van der Waals surface area contributed by atoms with E-state index in [9.17, 15) is 9.59 Å². The van der Waals surface area contributed by atoms with Gasteiger partial charge in [0.15, 0.2) is 11.7 Å². The van der Waals surface area contributed by atoms with Crippen molar-refractivity contribution in [3.63, 3.8) is 0 Å². The fourth-order valence-corrected chi connectivity index (χ4v) is 2.54. The van der Waals surface area contributed by atoms with E-state index in [-0.39, 0.29) is 11.6 Å². The largest absolute Gasteiger partial charge is 0.497 e. The molecule has 0 spiro atoms. The van der Waals surface area contributed by atoms with Crippen molar-refractivity contribution >= 4 is 34.6 Å². The second-order valence-electron chi connectivity index (χ2n) is 5.13. The highest BCUT2D eigenvalue weighted by Crippen LogP contribution is 2.18. The summed E-state index contributed by atoms with van der Waals surface area (Å²) >= 11 is 5.32. The molecule has 25 heavy (non-hydrogen) atoms. The number of esters is 1. The quantitative estimate of drug-likeness (QED) is 0.354. The Morgan fingerprint density at radius 2 is 1.72 bits per heavy atom. The Morgan fingerprint density at radius 1 is 1.08 bits per heavy atom. The van der Waals surface area contributed by atoms with Crippen LogP contribution in [-0.2, 0) is 9.53 Å². The molecule has 5 nitrogen and oxygen atoms in total. The maximum absolute atomic E-state index is 12.8. The van der Waals surface area contributed by atoms with Gasteiger partial charge in [-0.2, -0.15) is 0 Å². The topological polar surface area (TPSA) is 64.6 Å². The predicted octanol–water partition coefficient (Wildman–Crippen LogP) is 3.50. The van der Waals surface area contributed by atoms with E-state index in [0.29, 0.717) is 17.0 Å². The molecule has 0 aliphatic heterocycles. The molecule has 2 aromatic rings. The van der Waals surface area contributed by atoms with Crippen LogP contribution in [0.1, 0.15) is 17.3 Å². The van der Waals surface area contributed by atoms with Crippen LogP contribution in [0.4, 0.5) is 5.69 Å². The van der Waals surface area contributed by atoms with Gasteiger partial charge in [-0.1, -0.05) is 30.4 Å². The number of ketones is 1. The van der Waals surface area contributed by atoms with Crippen LogP contribution in [0.5, 0.6) is 5.75 Å². The molecule has 0 heterocycles. The maximum atomic E-state index is 12.8. The van der Waals surface area contributed by atoms with Crippen LogP contribution in [0.25, 0.3) is 0 Å². The minimum atomic E-state index is -1.21. The van der Waals surface area contributed by atoms with E-state index in [1.165, 1.54) is 7.11 Å². The molecule has 1 atom stereocenters. The van der Waals surface area contributed by atoms with E-state index in [1.807, 2.05) is 18.2 Å². The third kappa shape index (κ3) is 4.87. The normalized spacial score (nSPS) is 11.3. The van der Waals surface area contributed by atoms with Crippen LogP contribution >= 0.6 is 12.2 Å². The Morgan fingerprint density at radius 3 is 2.28 bits per heavy atom. The first kappa shape index (κ1) is 18.6. The zero-order chi connectivity index (χ0) is 18.2. The summed E-state index contributed by atoms with van der Waals surface area (Å²) in [6, 6.07) is 15.6. The number of para-hydroxylation sites is 1. The second-order valence-corrected chi connectivity index (χ2v) is 5.57. The molecule has 0 aliphatic rings. The molecule has 0 aromatic heterocycles. The Hall–Kier alpha value is -2.73. The average Bonchev–Trinajstić information content (AvgIpc) is 2.63. The van der Waals surface area contributed by atoms with Crippen molar-refractivity contribution in [2.24, 2.45) is 5.92 Å². The summed E-state index contributed by atoms with van der Waals surface area (Å²) in [5.74, 6) is -1.68. The first-order valence-corrected chi connectivity index (χ1v) is 8.18. The summed E-state index contributed by atoms with van der Waals surface area (Å²) in [5.41, 5.74) is 1.06. The third-order valence-electron chi connectivity index (χ3n) is 3.46. The van der Waals surface area contributed by atoms with Gasteiger partial charge in [0.25, 0.3) is 0 Å². The molecule has 1 unspecified atom stereocenters. The summed E-state index contributed by atoms with van der Waals surface area (Å²) in [7, 11) is 1.54. The van der Waals surface area contributed by atoms with Crippen LogP contribution in [-0.4, -0.2) is 30.5 Å². The highest BCUT2D eigenvalue weighted by Gasteiger charge is 2.33. The lowest BCUT2D eigenvalue weighted by atomic mass is 9.97. The zero-order valence-electron chi connectivity index (χ0n) is 14.0. The van der Waals surface area contributed by atoms with Gasteiger partial charge in [0.1, 0.15) is 10.7 Å². The summed E-state index contributed by atoms with van der Waals surface area (Å²) in [6.07, 6.45) is 0. The molecule has 1 N–H and O–H groups in total. The number of hydrogen-bond donors (Lipinski definition) is 1. The van der Waals surface area contributed by atoms with Crippen LogP contribution < -0.4 is 10.1 Å². The van der Waals surface area contributed by atoms with Crippen molar-refractivity contribution in [3.8, 4) is 5.75 Å². The van der Waals surface area contributed by atoms with E-state index in [2.05, 4.69) is 5.32 Å². The van der Waals surface area contributed by atoms with E-state index < -0.39 is 17.7 Å². The van der Waals surface area contributed by atoms with Gasteiger partial charge >= 0.3 is 5.97 Å². The summed E-state index contributed by atoms with van der Waals surface area (Å²) < 4.78 is 10.1. The molecule has 6 heteroatoms. The first-order chi connectivity index (χ1) is 12.1. The zero-order valence-corrected chi connectivity index (χ0v) is 14.8.